The lowest BCUT2D eigenvalue weighted by molar-refractivity contribution is -0.116. The number of halogens is 2. The molecule has 0 atom stereocenters. The number of para-hydroxylation sites is 2. The first-order valence-corrected chi connectivity index (χ1v) is 14.1. The molecule has 41 heavy (non-hydrogen) atoms. The van der Waals surface area contributed by atoms with Gasteiger partial charge in [0, 0.05) is 23.7 Å². The third-order valence-corrected chi connectivity index (χ3v) is 7.20. The second-order valence-corrected chi connectivity index (χ2v) is 10.4. The summed E-state index contributed by atoms with van der Waals surface area (Å²) in [5.41, 5.74) is 5.47. The van der Waals surface area contributed by atoms with Crippen molar-refractivity contribution in [3.05, 3.63) is 125 Å². The lowest BCUT2D eigenvalue weighted by atomic mass is 10.1. The predicted molar refractivity (Wildman–Crippen MR) is 161 cm³/mol. The first-order chi connectivity index (χ1) is 20.0. The molecule has 0 saturated heterocycles. The van der Waals surface area contributed by atoms with E-state index < -0.39 is 0 Å². The lowest BCUT2D eigenvalue weighted by Gasteiger charge is -2.08. The Balaban J connectivity index is 1.16. The molecule has 1 amide bonds. The molecule has 6 nitrogen and oxygen atoms in total. The van der Waals surface area contributed by atoms with Crippen LogP contribution in [0.25, 0.3) is 11.0 Å². The van der Waals surface area contributed by atoms with Gasteiger partial charge < -0.3 is 19.2 Å². The van der Waals surface area contributed by atoms with Gasteiger partial charge in [0.2, 0.25) is 11.5 Å². The molecule has 0 aliphatic rings. The topological polar surface area (TPSA) is 72.0 Å². The van der Waals surface area contributed by atoms with Gasteiger partial charge in [-0.05, 0) is 91.1 Å². The van der Waals surface area contributed by atoms with E-state index in [9.17, 15) is 9.18 Å². The van der Waals surface area contributed by atoms with E-state index in [1.807, 2.05) is 33.4 Å². The third kappa shape index (κ3) is 7.44. The minimum atomic E-state index is -0.288. The summed E-state index contributed by atoms with van der Waals surface area (Å²) in [5, 5.41) is 12.4. The van der Waals surface area contributed by atoms with Gasteiger partial charge in [-0.1, -0.05) is 48.0 Å². The molecular formula is C33H32ClFN4O2. The van der Waals surface area contributed by atoms with Gasteiger partial charge in [0.05, 0.1) is 24.2 Å². The second kappa shape index (κ2) is 13.3. The van der Waals surface area contributed by atoms with Crippen LogP contribution in [0.3, 0.4) is 0 Å². The molecule has 0 aliphatic carbocycles. The van der Waals surface area contributed by atoms with Crippen LogP contribution in [0, 0.1) is 11.2 Å². The van der Waals surface area contributed by atoms with Crippen molar-refractivity contribution in [2.45, 2.75) is 38.8 Å². The molecule has 0 radical (unpaired) electrons. The molecule has 4 aromatic carbocycles. The van der Waals surface area contributed by atoms with Crippen molar-refractivity contribution in [1.82, 2.24) is 9.13 Å². The average Bonchev–Trinajstić information content (AvgIpc) is 3.24. The fourth-order valence-corrected chi connectivity index (χ4v) is 4.95. The highest BCUT2D eigenvalue weighted by Crippen LogP contribution is 2.18. The number of nitrogens with zero attached hydrogens (tertiary/aromatic N) is 2. The van der Waals surface area contributed by atoms with Crippen LogP contribution in [0.5, 0.6) is 5.75 Å². The molecule has 0 saturated carbocycles. The van der Waals surface area contributed by atoms with E-state index >= 15 is 0 Å². The van der Waals surface area contributed by atoms with Gasteiger partial charge in [0.25, 0.3) is 0 Å². The number of aromatic nitrogens is 2. The first kappa shape index (κ1) is 28.2. The quantitative estimate of drug-likeness (QED) is 0.156. The summed E-state index contributed by atoms with van der Waals surface area (Å²) in [6.45, 7) is 1.70. The van der Waals surface area contributed by atoms with Gasteiger partial charge >= 0.3 is 0 Å². The van der Waals surface area contributed by atoms with Crippen LogP contribution in [-0.4, -0.2) is 21.6 Å². The van der Waals surface area contributed by atoms with Gasteiger partial charge in [-0.15, -0.1) is 0 Å². The fourth-order valence-electron chi connectivity index (χ4n) is 4.83. The second-order valence-electron chi connectivity index (χ2n) is 9.93. The predicted octanol–water partition coefficient (Wildman–Crippen LogP) is 7.19. The molecule has 0 spiro atoms. The maximum atomic E-state index is 13.1. The zero-order valence-electron chi connectivity index (χ0n) is 22.7. The van der Waals surface area contributed by atoms with Crippen molar-refractivity contribution < 1.29 is 13.9 Å². The number of anilines is 1. The van der Waals surface area contributed by atoms with Crippen LogP contribution >= 0.6 is 11.6 Å². The number of carbonyl (C=O) groups excluding carboxylic acids is 1. The van der Waals surface area contributed by atoms with Gasteiger partial charge in [-0.25, -0.2) is 4.39 Å². The van der Waals surface area contributed by atoms with Gasteiger partial charge in [0.15, 0.2) is 0 Å². The standard InChI is InChI=1S/C33H32ClFN4O2/c34-26-13-17-28(18-14-26)37-32(40)8-3-5-24-9-11-25(12-10-24)23-39-31-7-2-1-6-30(31)38(33(39)36)21-4-22-41-29-19-15-27(35)16-20-29/h1-2,6-7,9-20,36H,3-5,8,21-23H2,(H,37,40). The summed E-state index contributed by atoms with van der Waals surface area (Å²) in [6.07, 6.45) is 2.72. The monoisotopic (exact) mass is 570 g/mol. The zero-order valence-corrected chi connectivity index (χ0v) is 23.4. The Morgan fingerprint density at radius 1 is 0.829 bits per heavy atom. The van der Waals surface area contributed by atoms with Crippen molar-refractivity contribution in [2.24, 2.45) is 0 Å². The normalized spacial score (nSPS) is 11.1. The van der Waals surface area contributed by atoms with E-state index in [1.54, 1.807) is 36.4 Å². The van der Waals surface area contributed by atoms with Crippen molar-refractivity contribution in [1.29, 1.82) is 5.41 Å². The zero-order chi connectivity index (χ0) is 28.6. The maximum absolute atomic E-state index is 13.1. The number of aryl methyl sites for hydroxylation is 2. The number of hydrogen-bond donors (Lipinski definition) is 2. The summed E-state index contributed by atoms with van der Waals surface area (Å²) in [5.74, 6) is 0.334. The Labute approximate surface area is 243 Å². The Hall–Kier alpha value is -4.36. The average molecular weight is 571 g/mol. The Bertz CT molecular complexity index is 1660. The van der Waals surface area contributed by atoms with E-state index in [0.29, 0.717) is 48.9 Å². The Morgan fingerprint density at radius 2 is 1.49 bits per heavy atom. The highest BCUT2D eigenvalue weighted by atomic mass is 35.5. The van der Waals surface area contributed by atoms with Gasteiger partial charge in [0.1, 0.15) is 11.6 Å². The molecule has 210 valence electrons. The smallest absolute Gasteiger partial charge is 0.224 e. The number of ether oxygens (including phenoxy) is 1. The van der Waals surface area contributed by atoms with Crippen molar-refractivity contribution in [2.75, 3.05) is 11.9 Å². The number of benzene rings is 4. The molecule has 2 N–H and O–H groups in total. The van der Waals surface area contributed by atoms with E-state index in [2.05, 4.69) is 29.6 Å². The molecule has 1 heterocycles. The Kier molecular flexibility index (Phi) is 9.16. The first-order valence-electron chi connectivity index (χ1n) is 13.7. The molecular weight excluding hydrogens is 539 g/mol. The Morgan fingerprint density at radius 3 is 2.20 bits per heavy atom. The number of amides is 1. The summed E-state index contributed by atoms with van der Waals surface area (Å²) < 4.78 is 22.9. The number of fused-ring (bicyclic) bond motifs is 1. The molecule has 0 fully saturated rings. The van der Waals surface area contributed by atoms with Crippen molar-refractivity contribution >= 4 is 34.2 Å². The maximum Gasteiger partial charge on any atom is 0.224 e. The molecule has 5 aromatic rings. The van der Waals surface area contributed by atoms with Crippen LogP contribution in [0.4, 0.5) is 10.1 Å². The number of hydrogen-bond acceptors (Lipinski definition) is 3. The number of imidazole rings is 1. The lowest BCUT2D eigenvalue weighted by Crippen LogP contribution is -2.25. The van der Waals surface area contributed by atoms with Crippen LogP contribution in [0.1, 0.15) is 30.4 Å². The van der Waals surface area contributed by atoms with E-state index in [-0.39, 0.29) is 11.7 Å². The minimum Gasteiger partial charge on any atom is -0.494 e. The number of nitrogens with one attached hydrogen (secondary N) is 2. The molecule has 8 heteroatoms. The molecule has 0 aliphatic heterocycles. The third-order valence-electron chi connectivity index (χ3n) is 6.94. The summed E-state index contributed by atoms with van der Waals surface area (Å²) in [7, 11) is 0. The van der Waals surface area contributed by atoms with E-state index in [1.165, 1.54) is 17.7 Å². The van der Waals surface area contributed by atoms with Crippen LogP contribution < -0.4 is 15.7 Å². The summed E-state index contributed by atoms with van der Waals surface area (Å²) in [4.78, 5) is 12.3. The molecule has 0 bridgehead atoms. The summed E-state index contributed by atoms with van der Waals surface area (Å²) >= 11 is 5.90. The fraction of sp³-hybridized carbons (Fsp3) is 0.212. The van der Waals surface area contributed by atoms with Crippen LogP contribution in [0.2, 0.25) is 5.02 Å². The van der Waals surface area contributed by atoms with Crippen molar-refractivity contribution in [3.63, 3.8) is 0 Å². The molecule has 1 aromatic heterocycles. The highest BCUT2D eigenvalue weighted by Gasteiger charge is 2.11. The van der Waals surface area contributed by atoms with Crippen LogP contribution in [-0.2, 0) is 24.3 Å². The van der Waals surface area contributed by atoms with Crippen LogP contribution in [0.15, 0.2) is 97.1 Å². The number of carbonyl (C=O) groups is 1. The van der Waals surface area contributed by atoms with E-state index in [0.717, 1.165) is 35.1 Å². The number of rotatable bonds is 12. The van der Waals surface area contributed by atoms with Gasteiger partial charge in [-0.3, -0.25) is 10.2 Å². The van der Waals surface area contributed by atoms with E-state index in [4.69, 9.17) is 21.7 Å². The summed E-state index contributed by atoms with van der Waals surface area (Å²) in [6, 6.07) is 29.6. The highest BCUT2D eigenvalue weighted by molar-refractivity contribution is 6.30. The SMILES string of the molecule is N=c1n(CCCOc2ccc(F)cc2)c2ccccc2n1Cc1ccc(CCCC(=O)Nc2ccc(Cl)cc2)cc1. The molecule has 0 unspecified atom stereocenters. The van der Waals surface area contributed by atoms with Crippen molar-refractivity contribution in [3.8, 4) is 5.75 Å². The molecule has 5 rings (SSSR count). The minimum absolute atomic E-state index is 0.0123. The van der Waals surface area contributed by atoms with Gasteiger partial charge in [-0.2, -0.15) is 0 Å². The largest absolute Gasteiger partial charge is 0.494 e.